The number of aliphatic imine (C=N–C) groups is 1. The van der Waals surface area contributed by atoms with Crippen molar-refractivity contribution < 1.29 is 8.42 Å². The predicted molar refractivity (Wildman–Crippen MR) is 132 cm³/mol. The molecule has 164 valence electrons. The van der Waals surface area contributed by atoms with E-state index in [-0.39, 0.29) is 24.0 Å². The first kappa shape index (κ1) is 25.9. The van der Waals surface area contributed by atoms with E-state index < -0.39 is 15.6 Å². The lowest BCUT2D eigenvalue weighted by molar-refractivity contribution is 0.194. The monoisotopic (exact) mass is 535 g/mol. The van der Waals surface area contributed by atoms with Crippen LogP contribution >= 0.6 is 24.0 Å². The van der Waals surface area contributed by atoms with Gasteiger partial charge in [-0.15, -0.1) is 24.0 Å². The minimum absolute atomic E-state index is 0. The number of sulfonamides is 1. The molecule has 1 aromatic carbocycles. The average molecular weight is 535 g/mol. The summed E-state index contributed by atoms with van der Waals surface area (Å²) in [5.41, 5.74) is 0.629. The van der Waals surface area contributed by atoms with Crippen molar-refractivity contribution in [2.75, 3.05) is 52.6 Å². The minimum Gasteiger partial charge on any atom is -0.354 e. The summed E-state index contributed by atoms with van der Waals surface area (Å²) in [5, 5.41) is 3.30. The number of rotatable bonds is 7. The van der Waals surface area contributed by atoms with Gasteiger partial charge in [-0.3, -0.25) is 9.89 Å². The number of guanidine groups is 1. The van der Waals surface area contributed by atoms with Gasteiger partial charge >= 0.3 is 0 Å². The maximum Gasteiger partial charge on any atom is 0.209 e. The highest BCUT2D eigenvalue weighted by Crippen LogP contribution is 2.06. The molecule has 0 radical (unpaired) electrons. The first-order valence-electron chi connectivity index (χ1n) is 9.57. The van der Waals surface area contributed by atoms with Crippen LogP contribution in [0.4, 0.5) is 0 Å². The maximum absolute atomic E-state index is 11.5. The maximum atomic E-state index is 11.5. The number of nitrogens with zero attached hydrogens (tertiary/aromatic N) is 3. The second kappa shape index (κ2) is 11.9. The largest absolute Gasteiger partial charge is 0.354 e. The van der Waals surface area contributed by atoms with Crippen molar-refractivity contribution in [3.05, 3.63) is 42.0 Å². The molecule has 0 aliphatic carbocycles. The van der Waals surface area contributed by atoms with Gasteiger partial charge in [-0.25, -0.2) is 13.1 Å². The second-order valence-electron chi connectivity index (χ2n) is 7.76. The number of halogens is 1. The van der Waals surface area contributed by atoms with E-state index in [9.17, 15) is 8.42 Å². The number of piperazine rings is 1. The van der Waals surface area contributed by atoms with E-state index in [1.807, 2.05) is 32.0 Å². The molecule has 1 aliphatic rings. The van der Waals surface area contributed by atoms with Crippen molar-refractivity contribution in [2.45, 2.75) is 19.4 Å². The van der Waals surface area contributed by atoms with Crippen LogP contribution < -0.4 is 10.0 Å². The molecule has 29 heavy (non-hydrogen) atoms. The van der Waals surface area contributed by atoms with E-state index >= 15 is 0 Å². The third-order valence-electron chi connectivity index (χ3n) is 4.51. The van der Waals surface area contributed by atoms with Crippen LogP contribution in [0.1, 0.15) is 19.4 Å². The molecule has 1 fully saturated rings. The quantitative estimate of drug-likeness (QED) is 0.317. The standard InChI is InChI=1S/C20H33N5O2S.HI/c1-20(2,23-28(4,26)27)17-22-19(21-3)25-15-13-24(14-16-25)12-8-11-18-9-6-5-7-10-18;/h5-11,23H,12-17H2,1-4H3,(H,21,22);1H/b11-8+;. The summed E-state index contributed by atoms with van der Waals surface area (Å²) in [5.74, 6) is 0.808. The van der Waals surface area contributed by atoms with Crippen molar-refractivity contribution in [3.8, 4) is 0 Å². The molecule has 0 aromatic heterocycles. The number of benzene rings is 1. The fourth-order valence-electron chi connectivity index (χ4n) is 3.21. The van der Waals surface area contributed by atoms with Crippen molar-refractivity contribution in [1.29, 1.82) is 0 Å². The Balaban J connectivity index is 0.00000420. The Labute approximate surface area is 192 Å². The topological polar surface area (TPSA) is 77.0 Å². The predicted octanol–water partition coefficient (Wildman–Crippen LogP) is 1.84. The number of hydrogen-bond acceptors (Lipinski definition) is 4. The molecule has 2 N–H and O–H groups in total. The van der Waals surface area contributed by atoms with Gasteiger partial charge < -0.3 is 10.2 Å². The van der Waals surface area contributed by atoms with Crippen molar-refractivity contribution in [1.82, 2.24) is 19.8 Å². The second-order valence-corrected chi connectivity index (χ2v) is 9.51. The van der Waals surface area contributed by atoms with Crippen molar-refractivity contribution in [2.24, 2.45) is 4.99 Å². The molecule has 9 heteroatoms. The van der Waals surface area contributed by atoms with Gasteiger partial charge in [0.25, 0.3) is 0 Å². The molecule has 1 saturated heterocycles. The third-order valence-corrected chi connectivity index (χ3v) is 5.43. The zero-order valence-corrected chi connectivity index (χ0v) is 20.9. The molecule has 1 heterocycles. The molecule has 0 amide bonds. The van der Waals surface area contributed by atoms with E-state index in [1.165, 1.54) is 11.8 Å². The van der Waals surface area contributed by atoms with Gasteiger partial charge in [-0.1, -0.05) is 42.5 Å². The zero-order valence-electron chi connectivity index (χ0n) is 17.8. The van der Waals surface area contributed by atoms with Crippen LogP contribution in [-0.4, -0.2) is 82.3 Å². The summed E-state index contributed by atoms with van der Waals surface area (Å²) in [6.07, 6.45) is 5.54. The van der Waals surface area contributed by atoms with Gasteiger partial charge in [0.15, 0.2) is 5.96 Å². The molecule has 7 nitrogen and oxygen atoms in total. The van der Waals surface area contributed by atoms with Crippen molar-refractivity contribution in [3.63, 3.8) is 0 Å². The van der Waals surface area contributed by atoms with Gasteiger partial charge in [0.1, 0.15) is 0 Å². The fourth-order valence-corrected chi connectivity index (χ4v) is 4.29. The first-order valence-corrected chi connectivity index (χ1v) is 11.5. The summed E-state index contributed by atoms with van der Waals surface area (Å²) < 4.78 is 25.6. The molecule has 1 aliphatic heterocycles. The fraction of sp³-hybridized carbons (Fsp3) is 0.550. The van der Waals surface area contributed by atoms with E-state index in [0.29, 0.717) is 6.54 Å². The van der Waals surface area contributed by atoms with E-state index in [4.69, 9.17) is 0 Å². The molecule has 0 unspecified atom stereocenters. The lowest BCUT2D eigenvalue weighted by Crippen LogP contribution is -2.56. The lowest BCUT2D eigenvalue weighted by atomic mass is 10.1. The number of nitrogens with one attached hydrogen (secondary N) is 2. The van der Waals surface area contributed by atoms with Crippen LogP contribution in [0, 0.1) is 0 Å². The van der Waals surface area contributed by atoms with E-state index in [2.05, 4.69) is 49.1 Å². The number of hydrogen-bond donors (Lipinski definition) is 2. The first-order chi connectivity index (χ1) is 13.2. The smallest absolute Gasteiger partial charge is 0.209 e. The minimum atomic E-state index is -3.25. The highest BCUT2D eigenvalue weighted by Gasteiger charge is 2.24. The van der Waals surface area contributed by atoms with Gasteiger partial charge in [0, 0.05) is 51.9 Å². The summed E-state index contributed by atoms with van der Waals surface area (Å²) in [4.78, 5) is 8.99. The summed E-state index contributed by atoms with van der Waals surface area (Å²) in [6, 6.07) is 10.3. The third kappa shape index (κ3) is 9.92. The van der Waals surface area contributed by atoms with Crippen LogP contribution in [0.15, 0.2) is 41.4 Å². The van der Waals surface area contributed by atoms with Crippen LogP contribution in [0.5, 0.6) is 0 Å². The Morgan fingerprint density at radius 2 is 1.79 bits per heavy atom. The molecule has 0 saturated carbocycles. The molecular formula is C20H34IN5O2S. The highest BCUT2D eigenvalue weighted by molar-refractivity contribution is 14.0. The van der Waals surface area contributed by atoms with E-state index in [0.717, 1.165) is 38.7 Å². The SMILES string of the molecule is CN=C(NCC(C)(C)NS(C)(=O)=O)N1CCN(C/C=C/c2ccccc2)CC1.I. The van der Waals surface area contributed by atoms with Crippen molar-refractivity contribution >= 4 is 46.0 Å². The average Bonchev–Trinajstić information content (AvgIpc) is 2.62. The Hall–Kier alpha value is -1.17. The van der Waals surface area contributed by atoms with E-state index in [1.54, 1.807) is 7.05 Å². The molecule has 2 rings (SSSR count). The van der Waals surface area contributed by atoms with Crippen LogP contribution in [-0.2, 0) is 10.0 Å². The normalized spacial score (nSPS) is 16.7. The van der Waals surface area contributed by atoms with Gasteiger partial charge in [-0.2, -0.15) is 0 Å². The Kier molecular flexibility index (Phi) is 10.6. The molecule has 0 spiro atoms. The molecule has 0 bridgehead atoms. The lowest BCUT2D eigenvalue weighted by Gasteiger charge is -2.37. The van der Waals surface area contributed by atoms with Gasteiger partial charge in [0.2, 0.25) is 10.0 Å². The van der Waals surface area contributed by atoms with Gasteiger partial charge in [-0.05, 0) is 19.4 Å². The van der Waals surface area contributed by atoms with Crippen LogP contribution in [0.3, 0.4) is 0 Å². The summed E-state index contributed by atoms with van der Waals surface area (Å²) in [6.45, 7) is 8.80. The zero-order chi connectivity index (χ0) is 20.6. The Bertz CT molecular complexity index is 773. The molecule has 0 atom stereocenters. The Morgan fingerprint density at radius 3 is 2.34 bits per heavy atom. The van der Waals surface area contributed by atoms with Crippen LogP contribution in [0.25, 0.3) is 6.08 Å². The molecular weight excluding hydrogens is 501 g/mol. The molecule has 1 aromatic rings. The summed E-state index contributed by atoms with van der Waals surface area (Å²) >= 11 is 0. The summed E-state index contributed by atoms with van der Waals surface area (Å²) in [7, 11) is -1.50. The highest BCUT2D eigenvalue weighted by atomic mass is 127. The Morgan fingerprint density at radius 1 is 1.17 bits per heavy atom. The van der Waals surface area contributed by atoms with Gasteiger partial charge in [0.05, 0.1) is 6.26 Å². The van der Waals surface area contributed by atoms with Crippen LogP contribution in [0.2, 0.25) is 0 Å².